The Balaban J connectivity index is 1.50. The molecule has 0 unspecified atom stereocenters. The van der Waals surface area contributed by atoms with Gasteiger partial charge in [0.25, 0.3) is 0 Å². The van der Waals surface area contributed by atoms with E-state index in [1.54, 1.807) is 0 Å². The molecule has 0 radical (unpaired) electrons. The molecule has 4 heterocycles. The highest BCUT2D eigenvalue weighted by atomic mass is 32.2. The summed E-state index contributed by atoms with van der Waals surface area (Å²) in [4.78, 5) is 16.3. The van der Waals surface area contributed by atoms with Crippen molar-refractivity contribution >= 4 is 34.4 Å². The second kappa shape index (κ2) is 8.19. The first-order chi connectivity index (χ1) is 15.3. The largest absolute Gasteiger partial charge is 0.382 e. The number of nitrogens with zero attached hydrogens (tertiary/aromatic N) is 5. The number of hydrogen-bond acceptors (Lipinski definition) is 7. The van der Waals surface area contributed by atoms with Gasteiger partial charge in [0, 0.05) is 55.5 Å². The van der Waals surface area contributed by atoms with Gasteiger partial charge in [-0.15, -0.1) is 11.8 Å². The van der Waals surface area contributed by atoms with Crippen LogP contribution in [0.4, 0.5) is 15.9 Å². The van der Waals surface area contributed by atoms with E-state index < -0.39 is 6.08 Å². The van der Waals surface area contributed by atoms with Gasteiger partial charge in [-0.05, 0) is 29.0 Å². The Kier molecular flexibility index (Phi) is 5.49. The van der Waals surface area contributed by atoms with Gasteiger partial charge in [0.05, 0.1) is 0 Å². The molecule has 7 nitrogen and oxygen atoms in total. The lowest BCUT2D eigenvalue weighted by Gasteiger charge is -2.19. The van der Waals surface area contributed by atoms with Crippen LogP contribution in [0.25, 0.3) is 11.2 Å². The minimum absolute atomic E-state index is 0.0895. The van der Waals surface area contributed by atoms with Gasteiger partial charge < -0.3 is 20.5 Å². The van der Waals surface area contributed by atoms with E-state index >= 15 is 0 Å². The Morgan fingerprint density at radius 1 is 1.19 bits per heavy atom. The van der Waals surface area contributed by atoms with Crippen LogP contribution in [0.5, 0.6) is 0 Å². The summed E-state index contributed by atoms with van der Waals surface area (Å²) in [5.41, 5.74) is 11.1. The number of anilines is 2. The van der Waals surface area contributed by atoms with E-state index in [-0.39, 0.29) is 11.2 Å². The van der Waals surface area contributed by atoms with Crippen molar-refractivity contribution in [1.29, 1.82) is 0 Å². The van der Waals surface area contributed by atoms with Gasteiger partial charge in [-0.25, -0.2) is 4.98 Å². The number of fused-ring (bicyclic) bond motifs is 2. The Labute approximate surface area is 192 Å². The monoisotopic (exact) mass is 455 g/mol. The average molecular weight is 456 g/mol. The van der Waals surface area contributed by atoms with Crippen LogP contribution in [-0.2, 0) is 19.4 Å². The molecule has 2 aliphatic rings. The zero-order chi connectivity index (χ0) is 22.5. The lowest BCUT2D eigenvalue weighted by molar-refractivity contribution is 0.375. The minimum atomic E-state index is -0.815. The van der Waals surface area contributed by atoms with Crippen molar-refractivity contribution in [2.45, 2.75) is 45.1 Å². The maximum Gasteiger partial charge on any atom is 0.312 e. The van der Waals surface area contributed by atoms with Gasteiger partial charge in [-0.3, -0.25) is 0 Å². The van der Waals surface area contributed by atoms with Crippen LogP contribution >= 0.6 is 11.8 Å². The number of halogens is 1. The molecule has 5 rings (SSSR count). The van der Waals surface area contributed by atoms with Gasteiger partial charge in [0.15, 0.2) is 17.0 Å². The zero-order valence-electron chi connectivity index (χ0n) is 18.9. The van der Waals surface area contributed by atoms with Crippen molar-refractivity contribution in [3.63, 3.8) is 0 Å². The van der Waals surface area contributed by atoms with E-state index in [2.05, 4.69) is 53.1 Å². The second-order valence-electron chi connectivity index (χ2n) is 9.82. The van der Waals surface area contributed by atoms with Gasteiger partial charge in [0.1, 0.15) is 5.82 Å². The molecule has 0 saturated carbocycles. The second-order valence-corrected chi connectivity index (χ2v) is 11.0. The number of thioether (sulfide) groups is 1. The number of hydrogen-bond donors (Lipinski definition) is 2. The van der Waals surface area contributed by atoms with Crippen molar-refractivity contribution in [2.24, 2.45) is 5.41 Å². The summed E-state index contributed by atoms with van der Waals surface area (Å²) in [6.45, 7) is 11.0. The molecular formula is C23H30FN7S. The lowest BCUT2D eigenvalue weighted by Crippen LogP contribution is -2.30. The van der Waals surface area contributed by atoms with Crippen LogP contribution in [0, 0.1) is 11.5 Å². The van der Waals surface area contributed by atoms with Crippen LogP contribution in [-0.4, -0.2) is 51.5 Å². The minimum Gasteiger partial charge on any atom is -0.382 e. The van der Waals surface area contributed by atoms with Crippen molar-refractivity contribution in [1.82, 2.24) is 24.8 Å². The molecule has 2 aliphatic heterocycles. The SMILES string of the molecule is CC(C)(C)CNCCn1c(Cc2cc3c(cc2N2CC2)SCC3)nc2c(N)nc(F)nc21. The Bertz CT molecular complexity index is 1160. The van der Waals surface area contributed by atoms with Crippen LogP contribution < -0.4 is 16.0 Å². The fourth-order valence-corrected chi connectivity index (χ4v) is 5.31. The molecular weight excluding hydrogens is 425 g/mol. The highest BCUT2D eigenvalue weighted by Crippen LogP contribution is 2.39. The molecule has 9 heteroatoms. The van der Waals surface area contributed by atoms with Crippen LogP contribution in [0.1, 0.15) is 37.7 Å². The van der Waals surface area contributed by atoms with Crippen molar-refractivity contribution in [3.8, 4) is 0 Å². The van der Waals surface area contributed by atoms with Gasteiger partial charge in [0.2, 0.25) is 0 Å². The fraction of sp³-hybridized carbons (Fsp3) is 0.522. The maximum absolute atomic E-state index is 14.0. The van der Waals surface area contributed by atoms with Crippen LogP contribution in [0.15, 0.2) is 17.0 Å². The molecule has 1 saturated heterocycles. The third-order valence-corrected chi connectivity index (χ3v) is 6.97. The first kappa shape index (κ1) is 21.5. The Hall–Kier alpha value is -2.39. The molecule has 0 amide bonds. The summed E-state index contributed by atoms with van der Waals surface area (Å²) in [5, 5.41) is 3.49. The van der Waals surface area contributed by atoms with Crippen LogP contribution in [0.3, 0.4) is 0 Å². The topological polar surface area (TPSA) is 84.7 Å². The number of imidazole rings is 1. The molecule has 3 N–H and O–H groups in total. The summed E-state index contributed by atoms with van der Waals surface area (Å²) >= 11 is 1.94. The van der Waals surface area contributed by atoms with Crippen molar-refractivity contribution in [2.75, 3.05) is 42.6 Å². The number of nitrogens with two attached hydrogens (primary N) is 1. The molecule has 3 aromatic rings. The summed E-state index contributed by atoms with van der Waals surface area (Å²) < 4.78 is 16.0. The quantitative estimate of drug-likeness (QED) is 0.321. The van der Waals surface area contributed by atoms with E-state index in [1.807, 2.05) is 16.3 Å². The summed E-state index contributed by atoms with van der Waals surface area (Å²) in [6, 6.07) is 4.67. The number of benzene rings is 1. The summed E-state index contributed by atoms with van der Waals surface area (Å²) in [5.74, 6) is 2.08. The molecule has 32 heavy (non-hydrogen) atoms. The lowest BCUT2D eigenvalue weighted by atomic mass is 9.97. The molecule has 1 aromatic carbocycles. The third kappa shape index (κ3) is 4.41. The Morgan fingerprint density at radius 2 is 2.00 bits per heavy atom. The zero-order valence-corrected chi connectivity index (χ0v) is 19.7. The first-order valence-corrected chi connectivity index (χ1v) is 12.2. The normalized spacial score (nSPS) is 15.6. The van der Waals surface area contributed by atoms with Crippen molar-refractivity contribution < 1.29 is 4.39 Å². The van der Waals surface area contributed by atoms with Gasteiger partial charge in [-0.2, -0.15) is 14.4 Å². The predicted molar refractivity (Wildman–Crippen MR) is 128 cm³/mol. The number of aromatic nitrogens is 4. The third-order valence-electron chi connectivity index (χ3n) is 5.87. The number of aryl methyl sites for hydroxylation is 1. The molecule has 170 valence electrons. The summed E-state index contributed by atoms with van der Waals surface area (Å²) in [6.07, 6.45) is 0.939. The van der Waals surface area contributed by atoms with E-state index in [9.17, 15) is 4.39 Å². The first-order valence-electron chi connectivity index (χ1n) is 11.2. The number of nitrogens with one attached hydrogen (secondary N) is 1. The molecule has 0 aliphatic carbocycles. The van der Waals surface area contributed by atoms with Gasteiger partial charge in [-0.1, -0.05) is 26.8 Å². The molecule has 0 spiro atoms. The maximum atomic E-state index is 14.0. The molecule has 0 bridgehead atoms. The fourth-order valence-electron chi connectivity index (χ4n) is 4.23. The van der Waals surface area contributed by atoms with E-state index in [4.69, 9.17) is 10.7 Å². The highest BCUT2D eigenvalue weighted by Gasteiger charge is 2.26. The van der Waals surface area contributed by atoms with E-state index in [0.717, 1.165) is 44.2 Å². The number of nitrogen functional groups attached to an aromatic ring is 1. The average Bonchev–Trinajstić information content (AvgIpc) is 3.36. The van der Waals surface area contributed by atoms with Crippen molar-refractivity contribution in [3.05, 3.63) is 35.2 Å². The standard InChI is InChI=1S/C23H30FN7S/c1-23(2,3)13-26-5-6-31-18(27-19-20(25)28-22(24)29-21(19)31)11-15-10-14-4-9-32-17(14)12-16(15)30-7-8-30/h10,12,26H,4-9,11,13H2,1-3H3,(H2,25,28,29). The summed E-state index contributed by atoms with van der Waals surface area (Å²) in [7, 11) is 0. The number of rotatable bonds is 7. The smallest absolute Gasteiger partial charge is 0.312 e. The molecule has 0 atom stereocenters. The molecule has 1 fully saturated rings. The van der Waals surface area contributed by atoms with Crippen LogP contribution in [0.2, 0.25) is 0 Å². The van der Waals surface area contributed by atoms with E-state index in [1.165, 1.54) is 21.7 Å². The van der Waals surface area contributed by atoms with Gasteiger partial charge >= 0.3 is 6.08 Å². The Morgan fingerprint density at radius 3 is 2.75 bits per heavy atom. The highest BCUT2D eigenvalue weighted by molar-refractivity contribution is 7.99. The van der Waals surface area contributed by atoms with E-state index in [0.29, 0.717) is 24.1 Å². The predicted octanol–water partition coefficient (Wildman–Crippen LogP) is 3.24. The molecule has 2 aromatic heterocycles.